The molecule has 2 rings (SSSR count). The second kappa shape index (κ2) is 8.68. The molecule has 0 spiro atoms. The molecule has 1 saturated carbocycles. The van der Waals surface area contributed by atoms with E-state index in [0.29, 0.717) is 23.6 Å². The highest BCUT2D eigenvalue weighted by atomic mass is 35.5. The highest BCUT2D eigenvalue weighted by molar-refractivity contribution is 6.30. The lowest BCUT2D eigenvalue weighted by atomic mass is 9.79. The quantitative estimate of drug-likeness (QED) is 0.730. The summed E-state index contributed by atoms with van der Waals surface area (Å²) in [6.45, 7) is 0.179. The van der Waals surface area contributed by atoms with Gasteiger partial charge in [0.1, 0.15) is 0 Å². The van der Waals surface area contributed by atoms with E-state index in [-0.39, 0.29) is 24.3 Å². The van der Waals surface area contributed by atoms with Crippen molar-refractivity contribution >= 4 is 29.4 Å². The van der Waals surface area contributed by atoms with Crippen LogP contribution in [0, 0.1) is 11.8 Å². The van der Waals surface area contributed by atoms with Gasteiger partial charge in [0.25, 0.3) is 5.91 Å². The van der Waals surface area contributed by atoms with Crippen molar-refractivity contribution in [1.82, 2.24) is 10.6 Å². The number of rotatable bonds is 6. The van der Waals surface area contributed by atoms with Crippen molar-refractivity contribution in [2.45, 2.75) is 25.7 Å². The Hall–Kier alpha value is -2.08. The molecular weight excluding hydrogens is 332 g/mol. The van der Waals surface area contributed by atoms with Crippen LogP contribution in [-0.2, 0) is 9.59 Å². The Morgan fingerprint density at radius 1 is 1.08 bits per heavy atom. The normalized spacial score (nSPS) is 20.2. The van der Waals surface area contributed by atoms with Gasteiger partial charge in [-0.2, -0.15) is 0 Å². The summed E-state index contributed by atoms with van der Waals surface area (Å²) in [6, 6.07) is 6.36. The number of benzene rings is 1. The molecule has 1 aromatic carbocycles. The van der Waals surface area contributed by atoms with Crippen molar-refractivity contribution < 1.29 is 19.5 Å². The van der Waals surface area contributed by atoms with Crippen LogP contribution in [0.5, 0.6) is 0 Å². The van der Waals surface area contributed by atoms with Crippen LogP contribution in [0.3, 0.4) is 0 Å². The predicted octanol–water partition coefficient (Wildman–Crippen LogP) is 2.08. The molecule has 0 saturated heterocycles. The number of amides is 2. The van der Waals surface area contributed by atoms with Gasteiger partial charge in [0.05, 0.1) is 12.5 Å². The minimum absolute atomic E-state index is 0.0489. The number of carboxylic acids is 1. The lowest BCUT2D eigenvalue weighted by molar-refractivity contribution is -0.145. The fourth-order valence-corrected chi connectivity index (χ4v) is 3.07. The van der Waals surface area contributed by atoms with Gasteiger partial charge in [-0.3, -0.25) is 14.4 Å². The van der Waals surface area contributed by atoms with Gasteiger partial charge < -0.3 is 15.7 Å². The fourth-order valence-electron chi connectivity index (χ4n) is 2.95. The number of nitrogens with one attached hydrogen (secondary N) is 2. The Balaban J connectivity index is 1.75. The topological polar surface area (TPSA) is 95.5 Å². The molecule has 0 radical (unpaired) electrons. The van der Waals surface area contributed by atoms with Crippen LogP contribution in [0.1, 0.15) is 36.0 Å². The van der Waals surface area contributed by atoms with Crippen LogP contribution in [0.15, 0.2) is 24.3 Å². The maximum atomic E-state index is 11.9. The maximum Gasteiger partial charge on any atom is 0.306 e. The predicted molar refractivity (Wildman–Crippen MR) is 89.9 cm³/mol. The molecule has 24 heavy (non-hydrogen) atoms. The third-order valence-electron chi connectivity index (χ3n) is 4.30. The molecule has 0 unspecified atom stereocenters. The number of aliphatic carboxylic acids is 1. The highest BCUT2D eigenvalue weighted by Gasteiger charge is 2.30. The van der Waals surface area contributed by atoms with E-state index >= 15 is 0 Å². The number of carboxylic acid groups (broad SMARTS) is 1. The standard InChI is InChI=1S/C17H21ClN2O4/c18-13-7-5-11(6-8-13)16(22)20-10-15(21)19-9-12-3-1-2-4-14(12)17(23)24/h5-8,12,14H,1-4,9-10H2,(H,19,21)(H,20,22)(H,23,24)/t12-,14-/m0/s1. The second-order valence-corrected chi connectivity index (χ2v) is 6.42. The summed E-state index contributed by atoms with van der Waals surface area (Å²) < 4.78 is 0. The van der Waals surface area contributed by atoms with Crippen molar-refractivity contribution in [2.75, 3.05) is 13.1 Å². The van der Waals surface area contributed by atoms with E-state index in [9.17, 15) is 19.5 Å². The Kier molecular flexibility index (Phi) is 6.61. The number of carbonyl (C=O) groups excluding carboxylic acids is 2. The van der Waals surface area contributed by atoms with Crippen LogP contribution in [0.4, 0.5) is 0 Å². The molecule has 3 N–H and O–H groups in total. The van der Waals surface area contributed by atoms with Gasteiger partial charge in [0.15, 0.2) is 0 Å². The Morgan fingerprint density at radius 2 is 1.75 bits per heavy atom. The third kappa shape index (κ3) is 5.23. The highest BCUT2D eigenvalue weighted by Crippen LogP contribution is 2.29. The van der Waals surface area contributed by atoms with Crippen molar-refractivity contribution in [3.8, 4) is 0 Å². The lowest BCUT2D eigenvalue weighted by Gasteiger charge is -2.28. The molecule has 130 valence electrons. The zero-order valence-corrected chi connectivity index (χ0v) is 14.0. The van der Waals surface area contributed by atoms with Crippen LogP contribution in [0.2, 0.25) is 5.02 Å². The molecule has 1 fully saturated rings. The van der Waals surface area contributed by atoms with Gasteiger partial charge in [-0.25, -0.2) is 0 Å². The average molecular weight is 353 g/mol. The van der Waals surface area contributed by atoms with Gasteiger partial charge in [-0.15, -0.1) is 0 Å². The van der Waals surface area contributed by atoms with Crippen molar-refractivity contribution in [2.24, 2.45) is 11.8 Å². The number of halogens is 1. The summed E-state index contributed by atoms with van der Waals surface area (Å²) in [5.41, 5.74) is 0.422. The monoisotopic (exact) mass is 352 g/mol. The van der Waals surface area contributed by atoms with Gasteiger partial charge in [0, 0.05) is 17.1 Å². The molecule has 6 nitrogen and oxygen atoms in total. The molecular formula is C17H21ClN2O4. The van der Waals surface area contributed by atoms with Gasteiger partial charge in [-0.1, -0.05) is 24.4 Å². The first-order valence-electron chi connectivity index (χ1n) is 8.00. The van der Waals surface area contributed by atoms with Crippen molar-refractivity contribution in [1.29, 1.82) is 0 Å². The smallest absolute Gasteiger partial charge is 0.306 e. The SMILES string of the molecule is O=C(CNC(=O)c1ccc(Cl)cc1)NC[C@@H]1CCCC[C@@H]1C(=O)O. The number of carbonyl (C=O) groups is 3. The first-order chi connectivity index (χ1) is 11.5. The maximum absolute atomic E-state index is 11.9. The van der Waals surface area contributed by atoms with Crippen molar-refractivity contribution in [3.05, 3.63) is 34.9 Å². The molecule has 0 aliphatic heterocycles. The number of hydrogen-bond donors (Lipinski definition) is 3. The molecule has 0 heterocycles. The second-order valence-electron chi connectivity index (χ2n) is 5.98. The lowest BCUT2D eigenvalue weighted by Crippen LogP contribution is -2.41. The summed E-state index contributed by atoms with van der Waals surface area (Å²) >= 11 is 5.76. The summed E-state index contributed by atoms with van der Waals surface area (Å²) in [5.74, 6) is -1.94. The summed E-state index contributed by atoms with van der Waals surface area (Å²) in [6.07, 6.45) is 3.35. The third-order valence-corrected chi connectivity index (χ3v) is 4.56. The molecule has 1 aliphatic rings. The van der Waals surface area contributed by atoms with E-state index in [4.69, 9.17) is 11.6 Å². The minimum atomic E-state index is -0.801. The molecule has 2 atom stereocenters. The van der Waals surface area contributed by atoms with Gasteiger partial charge >= 0.3 is 5.97 Å². The number of hydrogen-bond acceptors (Lipinski definition) is 3. The molecule has 1 aromatic rings. The summed E-state index contributed by atoms with van der Waals surface area (Å²) in [7, 11) is 0. The van der Waals surface area contributed by atoms with E-state index in [2.05, 4.69) is 10.6 Å². The first kappa shape index (κ1) is 18.3. The van der Waals surface area contributed by atoms with Crippen LogP contribution < -0.4 is 10.6 Å². The van der Waals surface area contributed by atoms with Crippen molar-refractivity contribution in [3.63, 3.8) is 0 Å². The molecule has 1 aliphatic carbocycles. The first-order valence-corrected chi connectivity index (χ1v) is 8.38. The van der Waals surface area contributed by atoms with E-state index < -0.39 is 11.9 Å². The zero-order chi connectivity index (χ0) is 17.5. The van der Waals surface area contributed by atoms with E-state index in [0.717, 1.165) is 19.3 Å². The van der Waals surface area contributed by atoms with Gasteiger partial charge in [-0.05, 0) is 43.0 Å². The van der Waals surface area contributed by atoms with E-state index in [1.165, 1.54) is 0 Å². The molecule has 0 bridgehead atoms. The van der Waals surface area contributed by atoms with E-state index in [1.54, 1.807) is 24.3 Å². The summed E-state index contributed by atoms with van der Waals surface area (Å²) in [4.78, 5) is 35.0. The molecule has 0 aromatic heterocycles. The average Bonchev–Trinajstić information content (AvgIpc) is 2.58. The van der Waals surface area contributed by atoms with E-state index in [1.807, 2.05) is 0 Å². The Bertz CT molecular complexity index is 603. The van der Waals surface area contributed by atoms with Crippen LogP contribution in [0.25, 0.3) is 0 Å². The fraction of sp³-hybridized carbons (Fsp3) is 0.471. The van der Waals surface area contributed by atoms with Crippen LogP contribution >= 0.6 is 11.6 Å². The zero-order valence-electron chi connectivity index (χ0n) is 13.3. The van der Waals surface area contributed by atoms with Crippen LogP contribution in [-0.4, -0.2) is 36.0 Å². The Morgan fingerprint density at radius 3 is 2.42 bits per heavy atom. The minimum Gasteiger partial charge on any atom is -0.481 e. The summed E-state index contributed by atoms with van der Waals surface area (Å²) in [5, 5.41) is 15.0. The van der Waals surface area contributed by atoms with Gasteiger partial charge in [0.2, 0.25) is 5.91 Å². The molecule has 7 heteroatoms. The Labute approximate surface area is 145 Å². The molecule has 2 amide bonds. The largest absolute Gasteiger partial charge is 0.481 e.